The van der Waals surface area contributed by atoms with Crippen LogP contribution in [-0.2, 0) is 35.5 Å². The molecule has 0 unspecified atom stereocenters. The Labute approximate surface area is 263 Å². The number of rotatable bonds is 10. The van der Waals surface area contributed by atoms with Crippen LogP contribution in [0.15, 0.2) is 55.0 Å². The number of ether oxygens (including phenoxy) is 2. The number of nitrogens with zero attached hydrogens (tertiary/aromatic N) is 4. The van der Waals surface area contributed by atoms with Gasteiger partial charge < -0.3 is 20.1 Å². The van der Waals surface area contributed by atoms with Crippen molar-refractivity contribution in [3.05, 3.63) is 82.6 Å². The van der Waals surface area contributed by atoms with Gasteiger partial charge in [0.05, 0.1) is 22.6 Å². The van der Waals surface area contributed by atoms with E-state index >= 15 is 0 Å². The second-order valence-corrected chi connectivity index (χ2v) is 11.7. The van der Waals surface area contributed by atoms with E-state index in [1.165, 1.54) is 34.5 Å². The molecule has 0 saturated heterocycles. The highest BCUT2D eigenvalue weighted by atomic mass is 35.5. The van der Waals surface area contributed by atoms with Crippen molar-refractivity contribution in [2.24, 2.45) is 0 Å². The fraction of sp³-hybridized carbons (Fsp3) is 0.267. The second-order valence-electron chi connectivity index (χ2n) is 10.3. The summed E-state index contributed by atoms with van der Waals surface area (Å²) in [5, 5.41) is 11.9. The predicted octanol–water partition coefficient (Wildman–Crippen LogP) is 6.46. The van der Waals surface area contributed by atoms with E-state index in [-0.39, 0.29) is 25.5 Å². The number of likely N-dealkylation sites (N-methyl/N-ethyl adjacent to an activating group) is 1. The van der Waals surface area contributed by atoms with E-state index in [4.69, 9.17) is 21.1 Å². The molecule has 1 aliphatic carbocycles. The van der Waals surface area contributed by atoms with Crippen molar-refractivity contribution in [1.29, 1.82) is 0 Å². The molecule has 0 spiro atoms. The maximum atomic E-state index is 13.5. The van der Waals surface area contributed by atoms with Gasteiger partial charge in [-0.1, -0.05) is 23.7 Å². The number of nitrogens with one attached hydrogen (secondary N) is 2. The van der Waals surface area contributed by atoms with E-state index in [9.17, 15) is 22.4 Å². The van der Waals surface area contributed by atoms with Gasteiger partial charge in [0.15, 0.2) is 0 Å². The molecule has 0 fully saturated rings. The van der Waals surface area contributed by atoms with Gasteiger partial charge in [-0.2, -0.15) is 18.3 Å². The first-order valence-corrected chi connectivity index (χ1v) is 15.0. The van der Waals surface area contributed by atoms with Gasteiger partial charge in [-0.25, -0.2) is 19.2 Å². The van der Waals surface area contributed by atoms with Crippen LogP contribution in [-0.4, -0.2) is 51.6 Å². The second kappa shape index (κ2) is 12.6. The Morgan fingerprint density at radius 2 is 2.02 bits per heavy atom. The normalized spacial score (nSPS) is 13.3. The summed E-state index contributed by atoms with van der Waals surface area (Å²) in [7, 11) is 1.56. The largest absolute Gasteiger partial charge is 0.490 e. The lowest BCUT2D eigenvalue weighted by Gasteiger charge is -2.18. The van der Waals surface area contributed by atoms with Crippen LogP contribution in [0.4, 0.5) is 29.1 Å². The van der Waals surface area contributed by atoms with E-state index in [1.807, 2.05) is 0 Å². The van der Waals surface area contributed by atoms with Crippen molar-refractivity contribution in [3.8, 4) is 16.2 Å². The molecule has 3 aromatic heterocycles. The molecule has 0 radical (unpaired) electrons. The lowest BCUT2D eigenvalue weighted by molar-refractivity contribution is -0.205. The zero-order valence-electron chi connectivity index (χ0n) is 23.6. The number of hydrogen-bond acceptors (Lipinski definition) is 9. The third-order valence-corrected chi connectivity index (χ3v) is 8.56. The van der Waals surface area contributed by atoms with Crippen LogP contribution >= 0.6 is 22.9 Å². The minimum Gasteiger partial charge on any atom is -0.487 e. The molecular formula is C30H25ClF4N6O3S. The van der Waals surface area contributed by atoms with E-state index in [0.717, 1.165) is 31.9 Å². The first-order chi connectivity index (χ1) is 21.6. The number of halogens is 5. The van der Waals surface area contributed by atoms with Gasteiger partial charge in [0, 0.05) is 28.9 Å². The molecule has 2 aromatic carbocycles. The monoisotopic (exact) mass is 660 g/mol. The molecule has 6 rings (SSSR count). The summed E-state index contributed by atoms with van der Waals surface area (Å²) in [5.74, 6) is -1.55. The topological polar surface area (TPSA) is 103 Å². The maximum absolute atomic E-state index is 13.5. The Bertz CT molecular complexity index is 1880. The average Bonchev–Trinajstić information content (AvgIpc) is 3.58. The van der Waals surface area contributed by atoms with E-state index in [1.54, 1.807) is 43.6 Å². The molecule has 15 heteroatoms. The minimum atomic E-state index is -5.08. The van der Waals surface area contributed by atoms with E-state index < -0.39 is 18.2 Å². The van der Waals surface area contributed by atoms with Crippen molar-refractivity contribution in [2.75, 3.05) is 18.9 Å². The van der Waals surface area contributed by atoms with Crippen molar-refractivity contribution in [3.63, 3.8) is 0 Å². The summed E-state index contributed by atoms with van der Waals surface area (Å²) >= 11 is 7.97. The molecule has 45 heavy (non-hydrogen) atoms. The van der Waals surface area contributed by atoms with Gasteiger partial charge in [-0.05, 0) is 61.3 Å². The van der Waals surface area contributed by atoms with Gasteiger partial charge in [0.1, 0.15) is 41.3 Å². The van der Waals surface area contributed by atoms with Crippen LogP contribution in [0.2, 0.25) is 5.02 Å². The SMILES string of the molecule is CNC[C@H](Cn1cc2c(n1)CCc1c-2sc2ncnc(Nc3ccc(OCc4cccc(F)c4)c(Cl)c3)c12)OC(=O)C(F)(F)F. The predicted molar refractivity (Wildman–Crippen MR) is 161 cm³/mol. The Morgan fingerprint density at radius 1 is 1.18 bits per heavy atom. The third kappa shape index (κ3) is 6.72. The molecule has 234 valence electrons. The number of aryl methyl sites for hydroxylation is 2. The van der Waals surface area contributed by atoms with Crippen molar-refractivity contribution in [1.82, 2.24) is 25.1 Å². The van der Waals surface area contributed by atoms with Crippen molar-refractivity contribution in [2.45, 2.75) is 38.3 Å². The maximum Gasteiger partial charge on any atom is 0.490 e. The number of hydrogen-bond donors (Lipinski definition) is 2. The Kier molecular flexibility index (Phi) is 8.62. The molecule has 3 heterocycles. The summed E-state index contributed by atoms with van der Waals surface area (Å²) in [6.45, 7) is 0.131. The standard InChI is InChI=1S/C30H25ClF4N6O3S/c1-36-11-19(44-29(42)30(33,34)35)12-41-13-21-23(40-41)7-6-20-25-27(37-15-38-28(25)45-26(20)21)39-18-5-8-24(22(31)10-18)43-14-16-3-2-4-17(32)9-16/h2-5,8-10,13,15,19,36H,6-7,11-12,14H2,1H3,(H,37,38,39)/t19-/m1/s1. The number of carbonyl (C=O) groups is 1. The molecule has 0 amide bonds. The van der Waals surface area contributed by atoms with Crippen LogP contribution in [0.5, 0.6) is 5.75 Å². The molecule has 1 aliphatic rings. The fourth-order valence-electron chi connectivity index (χ4n) is 5.13. The summed E-state index contributed by atoms with van der Waals surface area (Å²) in [5.41, 5.74) is 4.02. The number of thiophene rings is 1. The Hall–Kier alpha value is -4.27. The molecule has 1 atom stereocenters. The smallest absolute Gasteiger partial charge is 0.487 e. The van der Waals surface area contributed by atoms with Crippen molar-refractivity contribution < 1.29 is 31.8 Å². The number of carbonyl (C=O) groups excluding carboxylic acids is 1. The quantitative estimate of drug-likeness (QED) is 0.130. The molecule has 0 bridgehead atoms. The molecular weight excluding hydrogens is 636 g/mol. The number of benzene rings is 2. The zero-order valence-corrected chi connectivity index (χ0v) is 25.2. The molecule has 9 nitrogen and oxygen atoms in total. The van der Waals surface area contributed by atoms with E-state index in [0.29, 0.717) is 40.7 Å². The van der Waals surface area contributed by atoms with Crippen LogP contribution in [0.3, 0.4) is 0 Å². The Morgan fingerprint density at radius 3 is 2.78 bits per heavy atom. The molecule has 5 aromatic rings. The minimum absolute atomic E-state index is 0.0230. The van der Waals surface area contributed by atoms with Gasteiger partial charge in [0.2, 0.25) is 0 Å². The summed E-state index contributed by atoms with van der Waals surface area (Å²) in [4.78, 5) is 22.1. The average molecular weight is 661 g/mol. The summed E-state index contributed by atoms with van der Waals surface area (Å²) in [6.07, 6.45) is -1.68. The lowest BCUT2D eigenvalue weighted by atomic mass is 9.95. The zero-order chi connectivity index (χ0) is 31.7. The van der Waals surface area contributed by atoms with Gasteiger partial charge in [-0.15, -0.1) is 11.3 Å². The summed E-state index contributed by atoms with van der Waals surface area (Å²) in [6, 6.07) is 11.4. The van der Waals surface area contributed by atoms with Crippen molar-refractivity contribution >= 4 is 50.6 Å². The van der Waals surface area contributed by atoms with E-state index in [2.05, 4.69) is 25.7 Å². The Balaban J connectivity index is 1.22. The molecule has 0 aliphatic heterocycles. The van der Waals surface area contributed by atoms with Gasteiger partial charge >= 0.3 is 12.1 Å². The first-order valence-electron chi connectivity index (χ1n) is 13.8. The fourth-order valence-corrected chi connectivity index (χ4v) is 6.59. The van der Waals surface area contributed by atoms with Crippen LogP contribution in [0.25, 0.3) is 20.7 Å². The highest BCUT2D eigenvalue weighted by molar-refractivity contribution is 7.22. The lowest BCUT2D eigenvalue weighted by Crippen LogP contribution is -2.37. The number of fused-ring (bicyclic) bond motifs is 5. The van der Waals surface area contributed by atoms with Crippen LogP contribution in [0, 0.1) is 5.82 Å². The number of anilines is 2. The van der Waals surface area contributed by atoms with Crippen LogP contribution < -0.4 is 15.4 Å². The first kappa shape index (κ1) is 30.7. The molecule has 0 saturated carbocycles. The number of esters is 1. The summed E-state index contributed by atoms with van der Waals surface area (Å²) < 4.78 is 63.9. The number of aromatic nitrogens is 4. The molecule has 2 N–H and O–H groups in total. The third-order valence-electron chi connectivity index (χ3n) is 7.09. The number of alkyl halides is 3. The van der Waals surface area contributed by atoms with Gasteiger partial charge in [0.25, 0.3) is 0 Å². The highest BCUT2D eigenvalue weighted by Crippen LogP contribution is 2.45. The van der Waals surface area contributed by atoms with Gasteiger partial charge in [-0.3, -0.25) is 4.68 Å². The van der Waals surface area contributed by atoms with Crippen LogP contribution in [0.1, 0.15) is 16.8 Å². The highest BCUT2D eigenvalue weighted by Gasteiger charge is 2.42.